The van der Waals surface area contributed by atoms with Crippen molar-refractivity contribution in [2.45, 2.75) is 38.5 Å². The van der Waals surface area contributed by atoms with E-state index in [-0.39, 0.29) is 10.8 Å². The van der Waals surface area contributed by atoms with Crippen molar-refractivity contribution in [3.05, 3.63) is 180 Å². The second kappa shape index (κ2) is 10.4. The van der Waals surface area contributed by atoms with Gasteiger partial charge in [-0.3, -0.25) is 0 Å². The van der Waals surface area contributed by atoms with Gasteiger partial charge in [0, 0.05) is 10.8 Å². The maximum absolute atomic E-state index is 2.52. The third kappa shape index (κ3) is 3.94. The summed E-state index contributed by atoms with van der Waals surface area (Å²) >= 11 is 0. The summed E-state index contributed by atoms with van der Waals surface area (Å²) in [5.74, 6) is 0. The van der Waals surface area contributed by atoms with Gasteiger partial charge in [0.1, 0.15) is 0 Å². The summed E-state index contributed by atoms with van der Waals surface area (Å²) in [5, 5.41) is 5.15. The molecule has 8 aromatic carbocycles. The summed E-state index contributed by atoms with van der Waals surface area (Å²) < 4.78 is 0. The van der Waals surface area contributed by atoms with Crippen molar-refractivity contribution < 1.29 is 0 Å². The van der Waals surface area contributed by atoms with E-state index in [0.717, 1.165) is 0 Å². The molecule has 10 rings (SSSR count). The van der Waals surface area contributed by atoms with Crippen LogP contribution < -0.4 is 0 Å². The van der Waals surface area contributed by atoms with E-state index in [1.54, 1.807) is 0 Å². The van der Waals surface area contributed by atoms with Crippen molar-refractivity contribution in [1.29, 1.82) is 0 Å². The molecular weight excluding hydrogens is 601 g/mol. The van der Waals surface area contributed by atoms with Crippen molar-refractivity contribution in [3.63, 3.8) is 0 Å². The van der Waals surface area contributed by atoms with E-state index in [4.69, 9.17) is 0 Å². The van der Waals surface area contributed by atoms with Gasteiger partial charge in [-0.2, -0.15) is 0 Å². The Balaban J connectivity index is 1.21. The molecule has 0 amide bonds. The minimum Gasteiger partial charge on any atom is -0.0622 e. The summed E-state index contributed by atoms with van der Waals surface area (Å²) in [6.07, 6.45) is 0. The molecule has 0 radical (unpaired) electrons. The maximum Gasteiger partial charge on any atom is 0.0165 e. The van der Waals surface area contributed by atoms with Crippen LogP contribution in [0.5, 0.6) is 0 Å². The van der Waals surface area contributed by atoms with Crippen LogP contribution in [0.1, 0.15) is 49.9 Å². The number of rotatable bonds is 3. The van der Waals surface area contributed by atoms with Gasteiger partial charge in [0.05, 0.1) is 0 Å². The van der Waals surface area contributed by atoms with Gasteiger partial charge in [-0.1, -0.05) is 179 Å². The molecule has 0 saturated heterocycles. The Morgan fingerprint density at radius 3 is 1.44 bits per heavy atom. The van der Waals surface area contributed by atoms with E-state index >= 15 is 0 Å². The predicted molar refractivity (Wildman–Crippen MR) is 213 cm³/mol. The van der Waals surface area contributed by atoms with Crippen LogP contribution in [0.4, 0.5) is 0 Å². The minimum absolute atomic E-state index is 0.0804. The Morgan fingerprint density at radius 2 is 0.780 bits per heavy atom. The van der Waals surface area contributed by atoms with Gasteiger partial charge in [0.2, 0.25) is 0 Å². The topological polar surface area (TPSA) is 0 Å². The molecule has 0 bridgehead atoms. The zero-order valence-electron chi connectivity index (χ0n) is 29.0. The van der Waals surface area contributed by atoms with Gasteiger partial charge in [-0.15, -0.1) is 0 Å². The van der Waals surface area contributed by atoms with Crippen LogP contribution >= 0.6 is 0 Å². The molecule has 0 nitrogen and oxygen atoms in total. The van der Waals surface area contributed by atoms with Crippen molar-refractivity contribution in [2.75, 3.05) is 0 Å². The summed E-state index contributed by atoms with van der Waals surface area (Å²) in [7, 11) is 0. The third-order valence-corrected chi connectivity index (χ3v) is 11.9. The molecule has 238 valence electrons. The molecule has 0 unspecified atom stereocenters. The second-order valence-corrected chi connectivity index (χ2v) is 15.3. The van der Waals surface area contributed by atoms with E-state index in [1.807, 2.05) is 0 Å². The van der Waals surface area contributed by atoms with Crippen molar-refractivity contribution in [1.82, 2.24) is 0 Å². The first kappa shape index (κ1) is 29.2. The quantitative estimate of drug-likeness (QED) is 0.169. The first-order valence-electron chi connectivity index (χ1n) is 17.9. The summed E-state index contributed by atoms with van der Waals surface area (Å²) in [4.78, 5) is 0. The lowest BCUT2D eigenvalue weighted by Gasteiger charge is -2.26. The number of hydrogen-bond donors (Lipinski definition) is 0. The molecule has 50 heavy (non-hydrogen) atoms. The highest BCUT2D eigenvalue weighted by atomic mass is 14.5. The summed E-state index contributed by atoms with van der Waals surface area (Å²) in [5.41, 5.74) is 18.8. The first-order valence-corrected chi connectivity index (χ1v) is 17.9. The number of benzene rings is 8. The zero-order chi connectivity index (χ0) is 33.8. The normalized spacial score (nSPS) is 14.7. The summed E-state index contributed by atoms with van der Waals surface area (Å²) in [6, 6.07) is 58.9. The van der Waals surface area contributed by atoms with E-state index in [9.17, 15) is 0 Å². The van der Waals surface area contributed by atoms with E-state index in [1.165, 1.54) is 99.4 Å². The molecule has 0 fully saturated rings. The van der Waals surface area contributed by atoms with Crippen molar-refractivity contribution >= 4 is 21.5 Å². The fraction of sp³-hybridized carbons (Fsp3) is 0.120. The molecule has 0 heteroatoms. The van der Waals surface area contributed by atoms with Crippen LogP contribution in [-0.4, -0.2) is 0 Å². The summed E-state index contributed by atoms with van der Waals surface area (Å²) in [6.45, 7) is 9.64. The molecule has 0 atom stereocenters. The highest BCUT2D eigenvalue weighted by Crippen LogP contribution is 2.59. The SMILES string of the molecule is CC1(C)c2ccc(-c3c4ccccc4c(-c4ccc(-c5ccccc5)cc4)c4ccccc34)cc2-c2c1ccc1c2C(C)(C)c2ccccc2-1. The Bertz CT molecular complexity index is 2610. The molecule has 0 saturated carbocycles. The lowest BCUT2D eigenvalue weighted by atomic mass is 9.77. The van der Waals surface area contributed by atoms with Crippen molar-refractivity contribution in [2.24, 2.45) is 0 Å². The van der Waals surface area contributed by atoms with Crippen LogP contribution in [-0.2, 0) is 10.8 Å². The molecule has 8 aromatic rings. The zero-order valence-corrected chi connectivity index (χ0v) is 29.0. The Morgan fingerprint density at radius 1 is 0.300 bits per heavy atom. The average molecular weight is 639 g/mol. The van der Waals surface area contributed by atoms with Gasteiger partial charge in [0.25, 0.3) is 0 Å². The molecule has 0 spiro atoms. The lowest BCUT2D eigenvalue weighted by Crippen LogP contribution is -2.18. The third-order valence-electron chi connectivity index (χ3n) is 11.9. The molecular formula is C50H38. The van der Waals surface area contributed by atoms with Crippen LogP contribution in [0.25, 0.3) is 77.2 Å². The minimum atomic E-state index is -0.0813. The Kier molecular flexibility index (Phi) is 6.07. The van der Waals surface area contributed by atoms with Gasteiger partial charge in [0.15, 0.2) is 0 Å². The Labute approximate surface area is 294 Å². The van der Waals surface area contributed by atoms with Gasteiger partial charge in [-0.25, -0.2) is 0 Å². The molecule has 0 aromatic heterocycles. The number of hydrogen-bond acceptors (Lipinski definition) is 0. The van der Waals surface area contributed by atoms with Gasteiger partial charge >= 0.3 is 0 Å². The van der Waals surface area contributed by atoms with Gasteiger partial charge in [-0.05, 0) is 105 Å². The van der Waals surface area contributed by atoms with Crippen LogP contribution in [0, 0.1) is 0 Å². The van der Waals surface area contributed by atoms with Crippen LogP contribution in [0.3, 0.4) is 0 Å². The predicted octanol–water partition coefficient (Wildman–Crippen LogP) is 13.6. The molecule has 0 aliphatic heterocycles. The molecule has 0 heterocycles. The fourth-order valence-corrected chi connectivity index (χ4v) is 9.48. The smallest absolute Gasteiger partial charge is 0.0165 e. The average Bonchev–Trinajstić information content (AvgIpc) is 3.53. The Hall–Kier alpha value is -5.72. The van der Waals surface area contributed by atoms with Crippen LogP contribution in [0.15, 0.2) is 158 Å². The standard InChI is InChI=1S/C50H38/c1-49(2)43-28-26-34(30-41(43)47-44(49)29-27-40-35-16-12-13-21-42(35)50(3,4)48(40)47)46-38-19-10-8-17-36(38)45(37-18-9-11-20-39(37)46)33-24-22-32(23-25-33)31-14-6-5-7-15-31/h5-30H,1-4H3. The highest BCUT2D eigenvalue weighted by Gasteiger charge is 2.44. The first-order chi connectivity index (χ1) is 24.3. The van der Waals surface area contributed by atoms with E-state index in [2.05, 4.69) is 185 Å². The highest BCUT2D eigenvalue weighted by molar-refractivity contribution is 6.21. The molecule has 2 aliphatic rings. The maximum atomic E-state index is 2.52. The number of fused-ring (bicyclic) bond motifs is 9. The largest absolute Gasteiger partial charge is 0.0622 e. The van der Waals surface area contributed by atoms with Crippen LogP contribution in [0.2, 0.25) is 0 Å². The van der Waals surface area contributed by atoms with E-state index in [0.29, 0.717) is 0 Å². The molecule has 0 N–H and O–H groups in total. The monoisotopic (exact) mass is 638 g/mol. The molecule has 2 aliphatic carbocycles. The van der Waals surface area contributed by atoms with Gasteiger partial charge < -0.3 is 0 Å². The lowest BCUT2D eigenvalue weighted by molar-refractivity contribution is 0.647. The fourth-order valence-electron chi connectivity index (χ4n) is 9.48. The van der Waals surface area contributed by atoms with Crippen molar-refractivity contribution in [3.8, 4) is 55.6 Å². The second-order valence-electron chi connectivity index (χ2n) is 15.3. The van der Waals surface area contributed by atoms with E-state index < -0.39 is 0 Å².